The molecule has 2 atom stereocenters. The third-order valence-electron chi connectivity index (χ3n) is 4.97. The normalized spacial score (nSPS) is 25.0. The van der Waals surface area contributed by atoms with Gasteiger partial charge in [0.05, 0.1) is 35.0 Å². The summed E-state index contributed by atoms with van der Waals surface area (Å²) in [6.07, 6.45) is 2.67. The minimum Gasteiger partial charge on any atom is -0.377 e. The Labute approximate surface area is 164 Å². The predicted octanol–water partition coefficient (Wildman–Crippen LogP) is 2.03. The lowest BCUT2D eigenvalue weighted by atomic mass is 10.1. The standard InChI is InChI=1S/C17H25ClN2O4S2/c1-19(10-15-4-5-16(18)25-15)17(21)11-20(9-14-3-2-7-24-14)13-6-8-26(22,23)12-13/h4-5,13-14H,2-3,6-12H2,1H3. The van der Waals surface area contributed by atoms with Crippen LogP contribution in [0.25, 0.3) is 0 Å². The van der Waals surface area contributed by atoms with Crippen LogP contribution in [0.15, 0.2) is 12.1 Å². The second-order valence-corrected chi connectivity index (χ2v) is 11.1. The monoisotopic (exact) mass is 420 g/mol. The van der Waals surface area contributed by atoms with E-state index in [0.29, 0.717) is 23.8 Å². The third kappa shape index (κ3) is 5.42. The van der Waals surface area contributed by atoms with Gasteiger partial charge in [-0.3, -0.25) is 9.69 Å². The Morgan fingerprint density at radius 2 is 2.19 bits per heavy atom. The minimum atomic E-state index is -3.00. The Hall–Kier alpha value is -0.670. The van der Waals surface area contributed by atoms with Crippen LogP contribution in [-0.2, 0) is 25.9 Å². The van der Waals surface area contributed by atoms with Crippen molar-refractivity contribution in [1.82, 2.24) is 9.80 Å². The van der Waals surface area contributed by atoms with Gasteiger partial charge in [0.15, 0.2) is 9.84 Å². The molecule has 1 aromatic heterocycles. The van der Waals surface area contributed by atoms with E-state index in [-0.39, 0.29) is 36.1 Å². The van der Waals surface area contributed by atoms with Crippen molar-refractivity contribution in [1.29, 1.82) is 0 Å². The first-order valence-electron chi connectivity index (χ1n) is 8.86. The SMILES string of the molecule is CN(Cc1ccc(Cl)s1)C(=O)CN(CC1CCCO1)C1CCS(=O)(=O)C1. The Morgan fingerprint density at radius 1 is 1.38 bits per heavy atom. The van der Waals surface area contributed by atoms with Crippen molar-refractivity contribution in [2.75, 3.05) is 38.2 Å². The topological polar surface area (TPSA) is 66.9 Å². The molecule has 0 bridgehead atoms. The fourth-order valence-corrected chi connectivity index (χ4v) is 6.41. The highest BCUT2D eigenvalue weighted by molar-refractivity contribution is 7.91. The summed E-state index contributed by atoms with van der Waals surface area (Å²) in [5, 5.41) is 0. The zero-order valence-electron chi connectivity index (χ0n) is 14.9. The van der Waals surface area contributed by atoms with Gasteiger partial charge in [0.25, 0.3) is 0 Å². The van der Waals surface area contributed by atoms with Crippen LogP contribution in [-0.4, -0.2) is 74.5 Å². The summed E-state index contributed by atoms with van der Waals surface area (Å²) >= 11 is 7.41. The molecule has 0 saturated carbocycles. The molecule has 2 saturated heterocycles. The lowest BCUT2D eigenvalue weighted by Gasteiger charge is -2.31. The minimum absolute atomic E-state index is 0.0168. The predicted molar refractivity (Wildman–Crippen MR) is 103 cm³/mol. The van der Waals surface area contributed by atoms with E-state index in [4.69, 9.17) is 16.3 Å². The van der Waals surface area contributed by atoms with E-state index >= 15 is 0 Å². The van der Waals surface area contributed by atoms with E-state index < -0.39 is 9.84 Å². The van der Waals surface area contributed by atoms with Crippen molar-refractivity contribution in [2.45, 2.75) is 38.0 Å². The highest BCUT2D eigenvalue weighted by Crippen LogP contribution is 2.24. The van der Waals surface area contributed by atoms with Gasteiger partial charge in [0.2, 0.25) is 5.91 Å². The van der Waals surface area contributed by atoms with Crippen molar-refractivity contribution >= 4 is 38.7 Å². The van der Waals surface area contributed by atoms with Crippen molar-refractivity contribution < 1.29 is 17.9 Å². The number of likely N-dealkylation sites (N-methyl/N-ethyl adjacent to an activating group) is 1. The van der Waals surface area contributed by atoms with Crippen LogP contribution in [0.4, 0.5) is 0 Å². The molecule has 0 spiro atoms. The van der Waals surface area contributed by atoms with Crippen LogP contribution in [0, 0.1) is 0 Å². The Morgan fingerprint density at radius 3 is 2.77 bits per heavy atom. The lowest BCUT2D eigenvalue weighted by Crippen LogP contribution is -2.47. The molecule has 0 aromatic carbocycles. The largest absolute Gasteiger partial charge is 0.377 e. The van der Waals surface area contributed by atoms with Gasteiger partial charge in [0.1, 0.15) is 0 Å². The molecule has 146 valence electrons. The first-order valence-corrected chi connectivity index (χ1v) is 11.9. The maximum Gasteiger partial charge on any atom is 0.236 e. The molecule has 2 aliphatic rings. The van der Waals surface area contributed by atoms with E-state index in [1.165, 1.54) is 11.3 Å². The van der Waals surface area contributed by atoms with Gasteiger partial charge in [-0.05, 0) is 31.4 Å². The summed E-state index contributed by atoms with van der Waals surface area (Å²) in [5.41, 5.74) is 0. The number of nitrogens with zero attached hydrogens (tertiary/aromatic N) is 2. The van der Waals surface area contributed by atoms with E-state index in [0.717, 1.165) is 24.3 Å². The van der Waals surface area contributed by atoms with Crippen molar-refractivity contribution in [3.05, 3.63) is 21.3 Å². The number of sulfone groups is 1. The van der Waals surface area contributed by atoms with Crippen LogP contribution >= 0.6 is 22.9 Å². The molecule has 0 N–H and O–H groups in total. The smallest absolute Gasteiger partial charge is 0.236 e. The lowest BCUT2D eigenvalue weighted by molar-refractivity contribution is -0.132. The molecule has 1 amide bonds. The summed E-state index contributed by atoms with van der Waals surface area (Å²) in [6, 6.07) is 3.65. The highest BCUT2D eigenvalue weighted by atomic mass is 35.5. The summed E-state index contributed by atoms with van der Waals surface area (Å²) in [5.74, 6) is 0.325. The third-order valence-corrected chi connectivity index (χ3v) is 7.94. The van der Waals surface area contributed by atoms with Crippen LogP contribution in [0.1, 0.15) is 24.1 Å². The summed E-state index contributed by atoms with van der Waals surface area (Å²) in [4.78, 5) is 17.4. The number of hydrogen-bond acceptors (Lipinski definition) is 6. The number of carbonyl (C=O) groups is 1. The van der Waals surface area contributed by atoms with Crippen molar-refractivity contribution in [2.24, 2.45) is 0 Å². The average molecular weight is 421 g/mol. The van der Waals surface area contributed by atoms with E-state index in [2.05, 4.69) is 0 Å². The summed E-state index contributed by atoms with van der Waals surface area (Å²) in [7, 11) is -1.23. The fourth-order valence-electron chi connectivity index (χ4n) is 3.51. The van der Waals surface area contributed by atoms with Crippen molar-refractivity contribution in [3.8, 4) is 0 Å². The molecule has 3 heterocycles. The second kappa shape index (κ2) is 8.56. The van der Waals surface area contributed by atoms with Gasteiger partial charge in [-0.15, -0.1) is 11.3 Å². The number of amides is 1. The molecule has 0 aliphatic carbocycles. The zero-order valence-corrected chi connectivity index (χ0v) is 17.3. The highest BCUT2D eigenvalue weighted by Gasteiger charge is 2.35. The molecule has 2 unspecified atom stereocenters. The van der Waals surface area contributed by atoms with Crippen LogP contribution in [0.2, 0.25) is 4.34 Å². The van der Waals surface area contributed by atoms with Gasteiger partial charge < -0.3 is 9.64 Å². The molecule has 2 aliphatic heterocycles. The molecule has 9 heteroatoms. The van der Waals surface area contributed by atoms with E-state index in [1.807, 2.05) is 17.0 Å². The number of hydrogen-bond donors (Lipinski definition) is 0. The molecule has 26 heavy (non-hydrogen) atoms. The maximum atomic E-state index is 12.7. The maximum absolute atomic E-state index is 12.7. The van der Waals surface area contributed by atoms with Crippen molar-refractivity contribution in [3.63, 3.8) is 0 Å². The molecule has 0 radical (unpaired) electrons. The summed E-state index contributed by atoms with van der Waals surface area (Å²) < 4.78 is 30.2. The molecule has 3 rings (SSSR count). The quantitative estimate of drug-likeness (QED) is 0.675. The van der Waals surface area contributed by atoms with E-state index in [1.54, 1.807) is 11.9 Å². The fraction of sp³-hybridized carbons (Fsp3) is 0.706. The van der Waals surface area contributed by atoms with Crippen LogP contribution in [0.5, 0.6) is 0 Å². The number of carbonyl (C=O) groups excluding carboxylic acids is 1. The molecular weight excluding hydrogens is 396 g/mol. The van der Waals surface area contributed by atoms with Gasteiger partial charge >= 0.3 is 0 Å². The first kappa shape index (κ1) is 20.1. The molecule has 1 aromatic rings. The molecule has 6 nitrogen and oxygen atoms in total. The van der Waals surface area contributed by atoms with Gasteiger partial charge in [-0.25, -0.2) is 8.42 Å². The molecule has 2 fully saturated rings. The number of halogens is 1. The number of rotatable bonds is 7. The number of ether oxygens (including phenoxy) is 1. The zero-order chi connectivity index (χ0) is 18.7. The number of thiophene rings is 1. The second-order valence-electron chi connectivity index (χ2n) is 7.08. The Kier molecular flexibility index (Phi) is 6.61. The van der Waals surface area contributed by atoms with E-state index in [9.17, 15) is 13.2 Å². The first-order chi connectivity index (χ1) is 12.3. The Balaban J connectivity index is 1.62. The van der Waals surface area contributed by atoms with Crippen LogP contribution < -0.4 is 0 Å². The van der Waals surface area contributed by atoms with Gasteiger partial charge in [-0.1, -0.05) is 11.6 Å². The Bertz CT molecular complexity index is 731. The average Bonchev–Trinajstić information content (AvgIpc) is 3.29. The van der Waals surface area contributed by atoms with Gasteiger partial charge in [0, 0.05) is 31.1 Å². The summed E-state index contributed by atoms with van der Waals surface area (Å²) in [6.45, 7) is 2.08. The van der Waals surface area contributed by atoms with Crippen LogP contribution in [0.3, 0.4) is 0 Å². The molecular formula is C17H25ClN2O4S2. The van der Waals surface area contributed by atoms with Gasteiger partial charge in [-0.2, -0.15) is 0 Å².